The minimum atomic E-state index is 0.502. The Hall–Kier alpha value is -2.10. The van der Waals surface area contributed by atoms with Gasteiger partial charge in [-0.05, 0) is 6.07 Å². The van der Waals surface area contributed by atoms with E-state index in [9.17, 15) is 0 Å². The first kappa shape index (κ1) is 10.4. The van der Waals surface area contributed by atoms with Crippen LogP contribution in [0.5, 0.6) is 5.88 Å². The van der Waals surface area contributed by atoms with Gasteiger partial charge in [-0.15, -0.1) is 10.2 Å². The SMILES string of the molecule is CNc1cc(-c2ccccc2)nnc1OC. The molecular weight excluding hydrogens is 202 g/mol. The summed E-state index contributed by atoms with van der Waals surface area (Å²) in [6.07, 6.45) is 0. The molecule has 0 saturated carbocycles. The van der Waals surface area contributed by atoms with Crippen molar-refractivity contribution in [2.75, 3.05) is 19.5 Å². The summed E-state index contributed by atoms with van der Waals surface area (Å²) in [7, 11) is 3.40. The summed E-state index contributed by atoms with van der Waals surface area (Å²) < 4.78 is 5.09. The second-order valence-electron chi connectivity index (χ2n) is 3.27. The predicted octanol–water partition coefficient (Wildman–Crippen LogP) is 2.19. The molecule has 0 spiro atoms. The lowest BCUT2D eigenvalue weighted by Crippen LogP contribution is -1.99. The summed E-state index contributed by atoms with van der Waals surface area (Å²) in [5.41, 5.74) is 2.69. The molecule has 1 N–H and O–H groups in total. The Bertz CT molecular complexity index is 471. The molecule has 0 amide bonds. The number of nitrogens with zero attached hydrogens (tertiary/aromatic N) is 2. The third-order valence-electron chi connectivity index (χ3n) is 2.29. The second-order valence-corrected chi connectivity index (χ2v) is 3.27. The number of ether oxygens (including phenoxy) is 1. The van der Waals surface area contributed by atoms with E-state index >= 15 is 0 Å². The summed E-state index contributed by atoms with van der Waals surface area (Å²) in [6, 6.07) is 11.8. The number of hydrogen-bond acceptors (Lipinski definition) is 4. The topological polar surface area (TPSA) is 47.0 Å². The lowest BCUT2D eigenvalue weighted by Gasteiger charge is -2.07. The van der Waals surface area contributed by atoms with Crippen molar-refractivity contribution in [3.8, 4) is 17.1 Å². The number of benzene rings is 1. The van der Waals surface area contributed by atoms with Crippen molar-refractivity contribution < 1.29 is 4.74 Å². The molecule has 1 aromatic carbocycles. The van der Waals surface area contributed by atoms with Crippen LogP contribution in [0.4, 0.5) is 5.69 Å². The normalized spacial score (nSPS) is 9.88. The highest BCUT2D eigenvalue weighted by Crippen LogP contribution is 2.25. The molecule has 0 fully saturated rings. The molecule has 0 saturated heterocycles. The maximum atomic E-state index is 5.09. The van der Waals surface area contributed by atoms with E-state index in [2.05, 4.69) is 15.5 Å². The summed E-state index contributed by atoms with van der Waals surface area (Å²) in [4.78, 5) is 0. The summed E-state index contributed by atoms with van der Waals surface area (Å²) in [5, 5.41) is 11.2. The minimum Gasteiger partial charge on any atom is -0.478 e. The van der Waals surface area contributed by atoms with Crippen molar-refractivity contribution in [3.05, 3.63) is 36.4 Å². The molecule has 0 aliphatic rings. The minimum absolute atomic E-state index is 0.502. The number of anilines is 1. The molecule has 0 radical (unpaired) electrons. The van der Waals surface area contributed by atoms with Crippen LogP contribution in [0.1, 0.15) is 0 Å². The molecular formula is C12H13N3O. The first-order valence-electron chi connectivity index (χ1n) is 5.00. The highest BCUT2D eigenvalue weighted by atomic mass is 16.5. The van der Waals surface area contributed by atoms with Gasteiger partial charge in [-0.25, -0.2) is 0 Å². The van der Waals surface area contributed by atoms with Gasteiger partial charge in [0.25, 0.3) is 5.88 Å². The molecule has 82 valence electrons. The van der Waals surface area contributed by atoms with E-state index < -0.39 is 0 Å². The van der Waals surface area contributed by atoms with Crippen molar-refractivity contribution in [2.24, 2.45) is 0 Å². The van der Waals surface area contributed by atoms with Crippen LogP contribution in [-0.4, -0.2) is 24.4 Å². The van der Waals surface area contributed by atoms with E-state index in [1.807, 2.05) is 43.4 Å². The number of rotatable bonds is 3. The Balaban J connectivity index is 2.44. The Morgan fingerprint density at radius 2 is 1.88 bits per heavy atom. The molecule has 16 heavy (non-hydrogen) atoms. The van der Waals surface area contributed by atoms with E-state index in [1.165, 1.54) is 0 Å². The number of nitrogens with one attached hydrogen (secondary N) is 1. The van der Waals surface area contributed by atoms with Crippen molar-refractivity contribution >= 4 is 5.69 Å². The van der Waals surface area contributed by atoms with Crippen LogP contribution < -0.4 is 10.1 Å². The lowest BCUT2D eigenvalue weighted by molar-refractivity contribution is 0.394. The van der Waals surface area contributed by atoms with E-state index in [4.69, 9.17) is 4.74 Å². The number of aromatic nitrogens is 2. The third-order valence-corrected chi connectivity index (χ3v) is 2.29. The Labute approximate surface area is 94.3 Å². The van der Waals surface area contributed by atoms with Gasteiger partial charge in [0, 0.05) is 12.6 Å². The van der Waals surface area contributed by atoms with E-state index in [1.54, 1.807) is 7.11 Å². The Morgan fingerprint density at radius 3 is 2.50 bits per heavy atom. The molecule has 0 aliphatic heterocycles. The highest BCUT2D eigenvalue weighted by Gasteiger charge is 2.06. The zero-order valence-corrected chi connectivity index (χ0v) is 9.27. The van der Waals surface area contributed by atoms with E-state index in [0.717, 1.165) is 16.9 Å². The van der Waals surface area contributed by atoms with Gasteiger partial charge in [0.1, 0.15) is 5.69 Å². The van der Waals surface area contributed by atoms with Crippen LogP contribution in [0.15, 0.2) is 36.4 Å². The highest BCUT2D eigenvalue weighted by molar-refractivity contribution is 5.65. The standard InChI is InChI=1S/C12H13N3O/c1-13-11-8-10(14-15-12(11)16-2)9-6-4-3-5-7-9/h3-8H,1-2H3,(H,13,14). The first-order valence-corrected chi connectivity index (χ1v) is 5.00. The number of hydrogen-bond donors (Lipinski definition) is 1. The largest absolute Gasteiger partial charge is 0.478 e. The predicted molar refractivity (Wildman–Crippen MR) is 63.6 cm³/mol. The summed E-state index contributed by atoms with van der Waals surface area (Å²) >= 11 is 0. The molecule has 1 heterocycles. The summed E-state index contributed by atoms with van der Waals surface area (Å²) in [6.45, 7) is 0. The average molecular weight is 215 g/mol. The fraction of sp³-hybridized carbons (Fsp3) is 0.167. The Kier molecular flexibility index (Phi) is 3.00. The maximum absolute atomic E-state index is 5.09. The molecule has 4 nitrogen and oxygen atoms in total. The van der Waals surface area contributed by atoms with Gasteiger partial charge < -0.3 is 10.1 Å². The fourth-order valence-electron chi connectivity index (χ4n) is 1.46. The van der Waals surface area contributed by atoms with Crippen LogP contribution in [0, 0.1) is 0 Å². The number of methoxy groups -OCH3 is 1. The molecule has 0 bridgehead atoms. The lowest BCUT2D eigenvalue weighted by atomic mass is 10.1. The van der Waals surface area contributed by atoms with Crippen LogP contribution in [-0.2, 0) is 0 Å². The van der Waals surface area contributed by atoms with E-state index in [-0.39, 0.29) is 0 Å². The summed E-state index contributed by atoms with van der Waals surface area (Å²) in [5.74, 6) is 0.502. The first-order chi connectivity index (χ1) is 7.85. The van der Waals surface area contributed by atoms with Crippen LogP contribution in [0.2, 0.25) is 0 Å². The monoisotopic (exact) mass is 215 g/mol. The molecule has 2 rings (SSSR count). The van der Waals surface area contributed by atoms with Crippen molar-refractivity contribution in [1.29, 1.82) is 0 Å². The van der Waals surface area contributed by atoms with Crippen LogP contribution in [0.25, 0.3) is 11.3 Å². The van der Waals surface area contributed by atoms with Crippen molar-refractivity contribution in [3.63, 3.8) is 0 Å². The second kappa shape index (κ2) is 4.61. The van der Waals surface area contributed by atoms with Gasteiger partial charge in [0.2, 0.25) is 0 Å². The fourth-order valence-corrected chi connectivity index (χ4v) is 1.46. The van der Waals surface area contributed by atoms with E-state index in [0.29, 0.717) is 5.88 Å². The molecule has 0 atom stereocenters. The van der Waals surface area contributed by atoms with Gasteiger partial charge in [-0.2, -0.15) is 0 Å². The van der Waals surface area contributed by atoms with Gasteiger partial charge in [-0.3, -0.25) is 0 Å². The quantitative estimate of drug-likeness (QED) is 0.852. The van der Waals surface area contributed by atoms with Crippen LogP contribution in [0.3, 0.4) is 0 Å². The zero-order valence-electron chi connectivity index (χ0n) is 9.27. The molecule has 2 aromatic rings. The van der Waals surface area contributed by atoms with Gasteiger partial charge >= 0.3 is 0 Å². The molecule has 4 heteroatoms. The average Bonchev–Trinajstić information content (AvgIpc) is 2.39. The molecule has 0 aliphatic carbocycles. The Morgan fingerprint density at radius 1 is 1.12 bits per heavy atom. The maximum Gasteiger partial charge on any atom is 0.256 e. The van der Waals surface area contributed by atoms with Crippen molar-refractivity contribution in [2.45, 2.75) is 0 Å². The smallest absolute Gasteiger partial charge is 0.256 e. The van der Waals surface area contributed by atoms with Gasteiger partial charge in [0.05, 0.1) is 12.8 Å². The van der Waals surface area contributed by atoms with Gasteiger partial charge in [-0.1, -0.05) is 30.3 Å². The molecule has 0 unspecified atom stereocenters. The van der Waals surface area contributed by atoms with Crippen molar-refractivity contribution in [1.82, 2.24) is 10.2 Å². The third kappa shape index (κ3) is 1.95. The van der Waals surface area contributed by atoms with Crippen LogP contribution >= 0.6 is 0 Å². The zero-order chi connectivity index (χ0) is 11.4. The van der Waals surface area contributed by atoms with Gasteiger partial charge in [0.15, 0.2) is 0 Å². The molecule has 1 aromatic heterocycles.